The Morgan fingerprint density at radius 1 is 0.371 bits per heavy atom. The molecule has 0 spiro atoms. The molecule has 0 heterocycles. The van der Waals surface area contributed by atoms with Gasteiger partial charge >= 0.3 is 48.2 Å². The smallest absolute Gasteiger partial charge is 0.422 e. The summed E-state index contributed by atoms with van der Waals surface area (Å²) >= 11 is 32.8. The molecule has 2 N–H and O–H groups in total. The maximum atomic E-state index is 11.9. The predicted octanol–water partition coefficient (Wildman–Crippen LogP) is 7.85. The molecule has 0 aromatic heterocycles. The number of alkyl halides is 12. The molecule has 0 bridgehead atoms. The molecule has 0 amide bonds. The van der Waals surface area contributed by atoms with Crippen LogP contribution in [-0.4, -0.2) is 119 Å². The van der Waals surface area contributed by atoms with E-state index in [2.05, 4.69) is 9.47 Å². The topological polar surface area (TPSA) is 198 Å². The van der Waals surface area contributed by atoms with Gasteiger partial charge in [0, 0.05) is 0 Å². The molecular formula is C36H30Cl6F6O14. The fourth-order valence-electron chi connectivity index (χ4n) is 3.59. The van der Waals surface area contributed by atoms with Crippen molar-refractivity contribution in [1.82, 2.24) is 0 Å². The molecule has 26 heteroatoms. The van der Waals surface area contributed by atoms with Crippen LogP contribution < -0.4 is 0 Å². The van der Waals surface area contributed by atoms with Gasteiger partial charge in [0.15, 0.2) is 13.2 Å². The zero-order chi connectivity index (χ0) is 47.3. The van der Waals surface area contributed by atoms with Crippen LogP contribution in [0.2, 0.25) is 0 Å². The monoisotopic (exact) mass is 1010 g/mol. The maximum Gasteiger partial charge on any atom is 0.422 e. The van der Waals surface area contributed by atoms with Crippen LogP contribution in [0.4, 0.5) is 26.3 Å². The summed E-state index contributed by atoms with van der Waals surface area (Å²) in [4.78, 5) is 68.6. The molecule has 0 saturated heterocycles. The third kappa shape index (κ3) is 25.0. The minimum atomic E-state index is -4.68. The largest absolute Gasteiger partial charge is 0.460 e. The van der Waals surface area contributed by atoms with E-state index in [-0.39, 0.29) is 59.8 Å². The highest BCUT2D eigenvalue weighted by molar-refractivity contribution is 6.68. The van der Waals surface area contributed by atoms with Crippen molar-refractivity contribution < 1.29 is 93.7 Å². The van der Waals surface area contributed by atoms with Gasteiger partial charge in [0.2, 0.25) is 7.59 Å². The van der Waals surface area contributed by atoms with Crippen LogP contribution in [-0.2, 0) is 28.4 Å². The number of hydrogen-bond acceptors (Lipinski definition) is 14. The summed E-state index contributed by atoms with van der Waals surface area (Å²) in [5.74, 6) is -5.11. The van der Waals surface area contributed by atoms with Gasteiger partial charge in [0.05, 0.1) is 46.6 Å². The lowest BCUT2D eigenvalue weighted by Crippen LogP contribution is -2.21. The molecule has 0 saturated carbocycles. The summed E-state index contributed by atoms with van der Waals surface area (Å²) in [6, 6.07) is 14.9. The van der Waals surface area contributed by atoms with Crippen molar-refractivity contribution >= 4 is 105 Å². The summed E-state index contributed by atoms with van der Waals surface area (Å²) in [6.45, 7) is -4.97. The van der Waals surface area contributed by atoms with E-state index < -0.39 is 82.2 Å². The molecule has 0 fully saturated rings. The summed E-state index contributed by atoms with van der Waals surface area (Å²) in [5.41, 5.74) is 0.317. The Morgan fingerprint density at radius 2 is 0.548 bits per heavy atom. The molecule has 14 nitrogen and oxygen atoms in total. The Hall–Kier alpha value is -4.28. The molecule has 3 aromatic carbocycles. The number of rotatable bonds is 14. The van der Waals surface area contributed by atoms with E-state index >= 15 is 0 Å². The molecule has 62 heavy (non-hydrogen) atoms. The average Bonchev–Trinajstić information content (AvgIpc) is 3.20. The highest BCUT2D eigenvalue weighted by Gasteiger charge is 2.31. The molecule has 0 aliphatic carbocycles. The van der Waals surface area contributed by atoms with Crippen molar-refractivity contribution in [2.75, 3.05) is 52.9 Å². The SMILES string of the molecule is O=C(OCC(Cl)(Cl)Cl)c1ccc(C(=O)OCC(Cl)(Cl)Cl)cc1.O=C(OCC(F)(F)F)c1ccc(C(=O)OCC(F)(F)F)cc1.O=C(OCCO)c1ccc(C(=O)OCCO)cc1. The van der Waals surface area contributed by atoms with Crippen molar-refractivity contribution in [1.29, 1.82) is 0 Å². The van der Waals surface area contributed by atoms with E-state index in [0.717, 1.165) is 24.3 Å². The van der Waals surface area contributed by atoms with Gasteiger partial charge in [-0.3, -0.25) is 0 Å². The Labute approximate surface area is 376 Å². The van der Waals surface area contributed by atoms with Crippen molar-refractivity contribution in [2.24, 2.45) is 0 Å². The van der Waals surface area contributed by atoms with Crippen molar-refractivity contribution in [3.05, 3.63) is 106 Å². The highest BCUT2D eigenvalue weighted by atomic mass is 35.6. The van der Waals surface area contributed by atoms with Crippen molar-refractivity contribution in [2.45, 2.75) is 19.9 Å². The van der Waals surface area contributed by atoms with Gasteiger partial charge in [0.25, 0.3) is 0 Å². The molecule has 0 radical (unpaired) electrons. The van der Waals surface area contributed by atoms with Crippen LogP contribution >= 0.6 is 69.6 Å². The second kappa shape index (κ2) is 26.4. The first-order valence-electron chi connectivity index (χ1n) is 16.5. The van der Waals surface area contributed by atoms with Crippen LogP contribution in [0.1, 0.15) is 62.1 Å². The van der Waals surface area contributed by atoms with Gasteiger partial charge in [-0.1, -0.05) is 69.6 Å². The average molecular weight is 1010 g/mol. The first-order valence-corrected chi connectivity index (χ1v) is 18.7. The first-order chi connectivity index (χ1) is 28.6. The third-order valence-electron chi connectivity index (χ3n) is 6.19. The maximum absolute atomic E-state index is 11.9. The van der Waals surface area contributed by atoms with E-state index in [9.17, 15) is 55.1 Å². The normalized spacial score (nSPS) is 11.3. The summed E-state index contributed by atoms with van der Waals surface area (Å²) in [5, 5.41) is 17.0. The quantitative estimate of drug-likeness (QED) is 0.0685. The van der Waals surface area contributed by atoms with Gasteiger partial charge in [-0.2, -0.15) is 26.3 Å². The highest BCUT2D eigenvalue weighted by Crippen LogP contribution is 2.27. The zero-order valence-electron chi connectivity index (χ0n) is 30.9. The molecule has 342 valence electrons. The van der Waals surface area contributed by atoms with Crippen molar-refractivity contribution in [3.63, 3.8) is 0 Å². The number of esters is 6. The van der Waals surface area contributed by atoms with Crippen molar-refractivity contribution in [3.8, 4) is 0 Å². The van der Waals surface area contributed by atoms with Crippen LogP contribution in [0.5, 0.6) is 0 Å². The molecule has 0 unspecified atom stereocenters. The van der Waals surface area contributed by atoms with Crippen LogP contribution in [0, 0.1) is 0 Å². The van der Waals surface area contributed by atoms with E-state index in [0.29, 0.717) is 0 Å². The lowest BCUT2D eigenvalue weighted by molar-refractivity contribution is -0.162. The molecule has 0 aliphatic rings. The van der Waals surface area contributed by atoms with Crippen LogP contribution in [0.15, 0.2) is 72.8 Å². The number of halogens is 12. The summed E-state index contributed by atoms with van der Waals surface area (Å²) in [7, 11) is 0. The second-order valence-corrected chi connectivity index (χ2v) is 16.2. The summed E-state index contributed by atoms with van der Waals surface area (Å²) < 4.78 is 94.6. The number of aliphatic hydroxyl groups is 2. The number of carbonyl (C=O) groups is 6. The first kappa shape index (κ1) is 55.7. The van der Waals surface area contributed by atoms with Crippen LogP contribution in [0.3, 0.4) is 0 Å². The number of aliphatic hydroxyl groups excluding tert-OH is 2. The Morgan fingerprint density at radius 3 is 0.710 bits per heavy atom. The van der Waals surface area contributed by atoms with E-state index in [1.165, 1.54) is 48.5 Å². The van der Waals surface area contributed by atoms with E-state index in [4.69, 9.17) is 98.8 Å². The Bertz CT molecular complexity index is 1680. The van der Waals surface area contributed by atoms with Gasteiger partial charge in [-0.15, -0.1) is 0 Å². The Kier molecular flexibility index (Phi) is 23.7. The summed E-state index contributed by atoms with van der Waals surface area (Å²) in [6.07, 6.45) is -9.37. The molecule has 3 rings (SSSR count). The molecule has 0 aliphatic heterocycles. The lowest BCUT2D eigenvalue weighted by Gasteiger charge is -2.12. The third-order valence-corrected chi connectivity index (χ3v) is 6.84. The zero-order valence-corrected chi connectivity index (χ0v) is 35.4. The number of benzene rings is 3. The molecular weight excluding hydrogens is 983 g/mol. The minimum absolute atomic E-state index is 0.0703. The number of ether oxygens (including phenoxy) is 6. The number of carbonyl (C=O) groups excluding carboxylic acids is 6. The second-order valence-electron chi connectivity index (χ2n) is 11.2. The van der Waals surface area contributed by atoms with E-state index in [1.807, 2.05) is 0 Å². The van der Waals surface area contributed by atoms with Crippen LogP contribution in [0.25, 0.3) is 0 Å². The standard InChI is InChI=1S/C12H8Cl6O4.C12H8F6O4.C12H14O6/c2*13-11(14,15)5-21-9(19)7-1-2-8(4-3-7)10(20)22-6-12(16,17)18;13-5-7-17-11(15)9-1-2-10(4-3-9)12(16)18-8-6-14/h2*1-4H,5-6H2;1-4,13-14H,5-8H2. The molecule has 3 aromatic rings. The minimum Gasteiger partial charge on any atom is -0.460 e. The van der Waals surface area contributed by atoms with Gasteiger partial charge in [-0.05, 0) is 72.8 Å². The number of hydrogen-bond donors (Lipinski definition) is 2. The van der Waals surface area contributed by atoms with E-state index in [1.54, 1.807) is 0 Å². The molecule has 0 atom stereocenters. The predicted molar refractivity (Wildman–Crippen MR) is 208 cm³/mol. The van der Waals surface area contributed by atoms with Gasteiger partial charge in [-0.25, -0.2) is 28.8 Å². The lowest BCUT2D eigenvalue weighted by atomic mass is 10.1. The van der Waals surface area contributed by atoms with Gasteiger partial charge < -0.3 is 38.6 Å². The fourth-order valence-corrected chi connectivity index (χ4v) is 3.92. The fraction of sp³-hybridized carbons (Fsp3) is 0.333. The van der Waals surface area contributed by atoms with Gasteiger partial charge in [0.1, 0.15) is 26.4 Å². The Balaban J connectivity index is 0.000000468.